The molecule has 0 aromatic carbocycles. The van der Waals surface area contributed by atoms with Gasteiger partial charge in [0.15, 0.2) is 0 Å². The quantitative estimate of drug-likeness (QED) is 0.174. The van der Waals surface area contributed by atoms with Crippen molar-refractivity contribution in [3.05, 3.63) is 36.5 Å². The molecule has 0 fully saturated rings. The van der Waals surface area contributed by atoms with Crippen molar-refractivity contribution in [2.24, 2.45) is 0 Å². The summed E-state index contributed by atoms with van der Waals surface area (Å²) in [5.74, 6) is -0.0556. The Morgan fingerprint density at radius 3 is 1.83 bits per heavy atom. The highest BCUT2D eigenvalue weighted by atomic mass is 16.5. The van der Waals surface area contributed by atoms with E-state index in [1.165, 1.54) is 38.5 Å². The highest BCUT2D eigenvalue weighted by Crippen LogP contribution is 2.07. The molecule has 0 spiro atoms. The summed E-state index contributed by atoms with van der Waals surface area (Å²) >= 11 is 0. The summed E-state index contributed by atoms with van der Waals surface area (Å²) in [4.78, 5) is 11.2. The molecule has 0 aliphatic heterocycles. The predicted molar refractivity (Wildman–Crippen MR) is 105 cm³/mol. The van der Waals surface area contributed by atoms with Gasteiger partial charge in [0, 0.05) is 6.42 Å². The number of ether oxygens (including phenoxy) is 1. The summed E-state index contributed by atoms with van der Waals surface area (Å²) in [6, 6.07) is 0. The van der Waals surface area contributed by atoms with E-state index in [-0.39, 0.29) is 5.97 Å². The Bertz CT molecular complexity index is 353. The lowest BCUT2D eigenvalue weighted by Crippen LogP contribution is -2.02. The van der Waals surface area contributed by atoms with Gasteiger partial charge in [-0.2, -0.15) is 0 Å². The summed E-state index contributed by atoms with van der Waals surface area (Å²) in [6.07, 6.45) is 27.1. The fraction of sp³-hybridized carbons (Fsp3) is 0.682. The van der Waals surface area contributed by atoms with Gasteiger partial charge in [0.1, 0.15) is 0 Å². The molecule has 0 aromatic heterocycles. The second kappa shape index (κ2) is 19.7. The molecule has 0 N–H and O–H groups in total. The van der Waals surface area contributed by atoms with Crippen LogP contribution in [-0.4, -0.2) is 12.6 Å². The van der Waals surface area contributed by atoms with Crippen LogP contribution >= 0.6 is 0 Å². The molecule has 24 heavy (non-hydrogen) atoms. The van der Waals surface area contributed by atoms with Crippen molar-refractivity contribution in [2.45, 2.75) is 90.9 Å². The van der Waals surface area contributed by atoms with Gasteiger partial charge < -0.3 is 4.74 Å². The zero-order chi connectivity index (χ0) is 17.7. The van der Waals surface area contributed by atoms with E-state index in [0.29, 0.717) is 13.0 Å². The van der Waals surface area contributed by atoms with Gasteiger partial charge in [-0.25, -0.2) is 0 Å². The molecule has 138 valence electrons. The average Bonchev–Trinajstić information content (AvgIpc) is 2.58. The minimum Gasteiger partial charge on any atom is -0.466 e. The van der Waals surface area contributed by atoms with Crippen LogP contribution in [0.1, 0.15) is 90.9 Å². The minimum atomic E-state index is -0.0556. The standard InChI is InChI=1S/C22H38O2/c1-3-5-6-7-8-9-10-11-12-13-14-15-16-17-18-19-20-21-22(23)24-4-2/h8-9,11-12,14-15H,3-7,10,13,16-21H2,1-2H3/b9-8-,12-11-,15-14-. The molecule has 0 rings (SSSR count). The topological polar surface area (TPSA) is 26.3 Å². The lowest BCUT2D eigenvalue weighted by Gasteiger charge is -2.01. The third-order valence-electron chi connectivity index (χ3n) is 3.83. The number of rotatable bonds is 16. The zero-order valence-electron chi connectivity index (χ0n) is 16.0. The molecule has 0 amide bonds. The Morgan fingerprint density at radius 1 is 0.708 bits per heavy atom. The van der Waals surface area contributed by atoms with Gasteiger partial charge in [-0.3, -0.25) is 4.79 Å². The fourth-order valence-corrected chi connectivity index (χ4v) is 2.41. The molecular weight excluding hydrogens is 296 g/mol. The Morgan fingerprint density at radius 2 is 1.25 bits per heavy atom. The van der Waals surface area contributed by atoms with Gasteiger partial charge in [0.05, 0.1) is 6.61 Å². The first-order valence-corrected chi connectivity index (χ1v) is 9.91. The highest BCUT2D eigenvalue weighted by Gasteiger charge is 1.99. The van der Waals surface area contributed by atoms with Crippen molar-refractivity contribution in [2.75, 3.05) is 6.61 Å². The van der Waals surface area contributed by atoms with Crippen LogP contribution in [0.2, 0.25) is 0 Å². The van der Waals surface area contributed by atoms with Gasteiger partial charge in [0.25, 0.3) is 0 Å². The number of carbonyl (C=O) groups excluding carboxylic acids is 1. The third-order valence-corrected chi connectivity index (χ3v) is 3.83. The van der Waals surface area contributed by atoms with Gasteiger partial charge in [-0.05, 0) is 51.9 Å². The molecule has 0 radical (unpaired) electrons. The molecule has 0 atom stereocenters. The Labute approximate surface area is 150 Å². The average molecular weight is 335 g/mol. The summed E-state index contributed by atoms with van der Waals surface area (Å²) in [7, 11) is 0. The van der Waals surface area contributed by atoms with Crippen LogP contribution in [0.25, 0.3) is 0 Å². The largest absolute Gasteiger partial charge is 0.466 e. The van der Waals surface area contributed by atoms with Crippen LogP contribution in [0.15, 0.2) is 36.5 Å². The molecule has 0 aliphatic rings. The highest BCUT2D eigenvalue weighted by molar-refractivity contribution is 5.69. The number of hydrogen-bond acceptors (Lipinski definition) is 2. The van der Waals surface area contributed by atoms with E-state index in [1.54, 1.807) is 0 Å². The molecule has 0 saturated carbocycles. The van der Waals surface area contributed by atoms with Crippen molar-refractivity contribution in [3.63, 3.8) is 0 Å². The Kier molecular flexibility index (Phi) is 18.7. The van der Waals surface area contributed by atoms with E-state index < -0.39 is 0 Å². The van der Waals surface area contributed by atoms with Gasteiger partial charge in [-0.15, -0.1) is 0 Å². The maximum absolute atomic E-state index is 11.2. The van der Waals surface area contributed by atoms with Crippen LogP contribution in [0.4, 0.5) is 0 Å². The summed E-state index contributed by atoms with van der Waals surface area (Å²) in [6.45, 7) is 4.59. The smallest absolute Gasteiger partial charge is 0.305 e. The monoisotopic (exact) mass is 334 g/mol. The van der Waals surface area contributed by atoms with Gasteiger partial charge in [0.2, 0.25) is 0 Å². The molecule has 0 aromatic rings. The summed E-state index contributed by atoms with van der Waals surface area (Å²) < 4.78 is 4.91. The molecule has 0 bridgehead atoms. The molecule has 2 nitrogen and oxygen atoms in total. The molecular formula is C22H38O2. The van der Waals surface area contributed by atoms with Crippen molar-refractivity contribution in [1.29, 1.82) is 0 Å². The lowest BCUT2D eigenvalue weighted by molar-refractivity contribution is -0.143. The summed E-state index contributed by atoms with van der Waals surface area (Å²) in [5.41, 5.74) is 0. The number of unbranched alkanes of at least 4 members (excludes halogenated alkanes) is 7. The van der Waals surface area contributed by atoms with Gasteiger partial charge >= 0.3 is 5.97 Å². The first-order chi connectivity index (χ1) is 11.8. The maximum atomic E-state index is 11.2. The van der Waals surface area contributed by atoms with E-state index in [1.807, 2.05) is 6.92 Å². The van der Waals surface area contributed by atoms with Crippen LogP contribution in [-0.2, 0) is 9.53 Å². The number of allylic oxidation sites excluding steroid dienone is 6. The maximum Gasteiger partial charge on any atom is 0.305 e. The number of hydrogen-bond donors (Lipinski definition) is 0. The van der Waals surface area contributed by atoms with Crippen LogP contribution < -0.4 is 0 Å². The normalized spacial score (nSPS) is 11.9. The number of esters is 1. The number of carbonyl (C=O) groups is 1. The SMILES string of the molecule is CCCCC/C=C\C/C=C\C/C=C\CCCCCCC(=O)OCC. The van der Waals surface area contributed by atoms with Gasteiger partial charge in [-0.1, -0.05) is 69.1 Å². The zero-order valence-corrected chi connectivity index (χ0v) is 16.0. The van der Waals surface area contributed by atoms with E-state index in [2.05, 4.69) is 43.4 Å². The van der Waals surface area contributed by atoms with Crippen LogP contribution in [0.5, 0.6) is 0 Å². The second-order valence-corrected chi connectivity index (χ2v) is 6.14. The van der Waals surface area contributed by atoms with Crippen molar-refractivity contribution in [3.8, 4) is 0 Å². The summed E-state index contributed by atoms with van der Waals surface area (Å²) in [5, 5.41) is 0. The molecule has 0 saturated heterocycles. The van der Waals surface area contributed by atoms with Crippen molar-refractivity contribution >= 4 is 5.97 Å². The predicted octanol–water partition coefficient (Wildman–Crippen LogP) is 6.92. The first kappa shape index (κ1) is 22.7. The molecule has 2 heteroatoms. The minimum absolute atomic E-state index is 0.0556. The van der Waals surface area contributed by atoms with Crippen molar-refractivity contribution in [1.82, 2.24) is 0 Å². The van der Waals surface area contributed by atoms with E-state index in [4.69, 9.17) is 4.74 Å². The Hall–Kier alpha value is -1.31. The molecule has 0 unspecified atom stereocenters. The van der Waals surface area contributed by atoms with Crippen molar-refractivity contribution < 1.29 is 9.53 Å². The van der Waals surface area contributed by atoms with E-state index >= 15 is 0 Å². The molecule has 0 aliphatic carbocycles. The van der Waals surface area contributed by atoms with E-state index in [9.17, 15) is 4.79 Å². The fourth-order valence-electron chi connectivity index (χ4n) is 2.41. The third kappa shape index (κ3) is 18.7. The van der Waals surface area contributed by atoms with E-state index in [0.717, 1.165) is 32.1 Å². The Balaban J connectivity index is 3.31. The lowest BCUT2D eigenvalue weighted by atomic mass is 10.1. The second-order valence-electron chi connectivity index (χ2n) is 6.14. The van der Waals surface area contributed by atoms with Crippen LogP contribution in [0, 0.1) is 0 Å². The van der Waals surface area contributed by atoms with Crippen LogP contribution in [0.3, 0.4) is 0 Å². The first-order valence-electron chi connectivity index (χ1n) is 9.91. The molecule has 0 heterocycles.